The molecule has 0 N–H and O–H groups in total. The van der Waals surface area contributed by atoms with E-state index < -0.39 is 5.41 Å². The van der Waals surface area contributed by atoms with Crippen LogP contribution in [0.15, 0.2) is 334 Å². The molecule has 0 saturated heterocycles. The maximum atomic E-state index is 7.14. The van der Waals surface area contributed by atoms with Crippen molar-refractivity contribution >= 4 is 95.8 Å². The predicted octanol–water partition coefficient (Wildman–Crippen LogP) is 20.9. The van der Waals surface area contributed by atoms with Gasteiger partial charge in [-0.25, -0.2) is 0 Å². The molecule has 0 saturated carbocycles. The van der Waals surface area contributed by atoms with Gasteiger partial charge in [0.2, 0.25) is 6.71 Å². The van der Waals surface area contributed by atoms with Crippen LogP contribution in [0.1, 0.15) is 22.3 Å². The average molecular weight is 1160 g/mol. The van der Waals surface area contributed by atoms with Crippen LogP contribution in [0.2, 0.25) is 0 Å². The van der Waals surface area contributed by atoms with Crippen LogP contribution in [-0.4, -0.2) is 6.71 Å². The molecule has 1 aliphatic carbocycles. The van der Waals surface area contributed by atoms with Gasteiger partial charge >= 0.3 is 0 Å². The molecule has 0 atom stereocenters. The summed E-state index contributed by atoms with van der Waals surface area (Å²) in [7, 11) is 0. The number of para-hydroxylation sites is 5. The lowest BCUT2D eigenvalue weighted by Crippen LogP contribution is -2.60. The van der Waals surface area contributed by atoms with Gasteiger partial charge in [0.05, 0.1) is 11.1 Å². The van der Waals surface area contributed by atoms with Crippen LogP contribution in [0.3, 0.4) is 0 Å². The van der Waals surface area contributed by atoms with Gasteiger partial charge in [0.15, 0.2) is 0 Å². The van der Waals surface area contributed by atoms with Crippen molar-refractivity contribution in [1.29, 1.82) is 0 Å². The largest absolute Gasteiger partial charge is 0.455 e. The summed E-state index contributed by atoms with van der Waals surface area (Å²) in [5.41, 5.74) is 28.2. The van der Waals surface area contributed by atoms with Gasteiger partial charge in [-0.05, 0) is 114 Å². The molecule has 14 aromatic carbocycles. The Balaban J connectivity index is 1.01. The molecule has 16 aromatic rings. The summed E-state index contributed by atoms with van der Waals surface area (Å²) in [6.45, 7) is -0.188. The zero-order valence-corrected chi connectivity index (χ0v) is 49.6. The Labute approximate surface area is 525 Å². The number of anilines is 3. The molecular weight excluding hydrogens is 1110 g/mol. The molecule has 0 bridgehead atoms. The maximum absolute atomic E-state index is 7.14. The zero-order valence-electron chi connectivity index (χ0n) is 48.8. The van der Waals surface area contributed by atoms with Crippen LogP contribution in [0.5, 0.6) is 0 Å². The Morgan fingerprint density at radius 1 is 0.300 bits per heavy atom. The second-order valence-electron chi connectivity index (χ2n) is 24.1. The third-order valence-electron chi connectivity index (χ3n) is 19.4. The monoisotopic (exact) mass is 1160 g/mol. The Kier molecular flexibility index (Phi) is 11.3. The van der Waals surface area contributed by atoms with E-state index >= 15 is 0 Å². The first kappa shape index (κ1) is 51.0. The lowest BCUT2D eigenvalue weighted by Gasteiger charge is -2.44. The third kappa shape index (κ3) is 7.45. The maximum Gasteiger partial charge on any atom is 0.249 e. The minimum Gasteiger partial charge on any atom is -0.455 e. The molecule has 4 heterocycles. The molecule has 0 amide bonds. The van der Waals surface area contributed by atoms with Gasteiger partial charge < -0.3 is 13.7 Å². The van der Waals surface area contributed by atoms with Gasteiger partial charge in [-0.2, -0.15) is 0 Å². The summed E-state index contributed by atoms with van der Waals surface area (Å²) >= 11 is 1.91. The van der Waals surface area contributed by atoms with Gasteiger partial charge in [-0.1, -0.05) is 296 Å². The van der Waals surface area contributed by atoms with Crippen molar-refractivity contribution in [2.45, 2.75) is 15.2 Å². The first-order valence-corrected chi connectivity index (χ1v) is 31.8. The van der Waals surface area contributed by atoms with E-state index in [-0.39, 0.29) is 6.71 Å². The molecular formula is C85H52BNO2S. The van der Waals surface area contributed by atoms with Gasteiger partial charge in [0.1, 0.15) is 22.3 Å². The van der Waals surface area contributed by atoms with Crippen molar-refractivity contribution in [2.75, 3.05) is 4.90 Å². The van der Waals surface area contributed by atoms with Crippen LogP contribution in [0.4, 0.5) is 17.1 Å². The van der Waals surface area contributed by atoms with E-state index in [4.69, 9.17) is 8.83 Å². The van der Waals surface area contributed by atoms with E-state index in [9.17, 15) is 0 Å². The summed E-state index contributed by atoms with van der Waals surface area (Å²) in [4.78, 5) is 5.16. The third-order valence-corrected chi connectivity index (χ3v) is 20.6. The number of nitrogens with zero attached hydrogens (tertiary/aromatic N) is 1. The molecule has 0 spiro atoms. The Morgan fingerprint density at radius 3 is 1.38 bits per heavy atom. The van der Waals surface area contributed by atoms with E-state index in [0.29, 0.717) is 0 Å². The Hall–Kier alpha value is -11.1. The van der Waals surface area contributed by atoms with Gasteiger partial charge in [-0.3, -0.25) is 0 Å². The van der Waals surface area contributed by atoms with E-state index in [1.54, 1.807) is 0 Å². The Bertz CT molecular complexity index is 5420. The first-order chi connectivity index (χ1) is 44.7. The summed E-state index contributed by atoms with van der Waals surface area (Å²) in [5.74, 6) is 0. The van der Waals surface area contributed by atoms with Crippen molar-refractivity contribution in [3.8, 4) is 66.8 Å². The van der Waals surface area contributed by atoms with Crippen LogP contribution in [0.25, 0.3) is 111 Å². The van der Waals surface area contributed by atoms with Crippen molar-refractivity contribution in [1.82, 2.24) is 0 Å². The second-order valence-corrected chi connectivity index (χ2v) is 25.1. The second kappa shape index (κ2) is 20.0. The molecule has 0 unspecified atom stereocenters. The van der Waals surface area contributed by atoms with Gasteiger partial charge in [0, 0.05) is 65.0 Å². The van der Waals surface area contributed by atoms with Crippen molar-refractivity contribution < 1.29 is 8.83 Å². The molecule has 3 nitrogen and oxygen atoms in total. The number of fused-ring (bicyclic) bond motifs is 13. The lowest BCUT2D eigenvalue weighted by atomic mass is 9.34. The number of hydrogen-bond acceptors (Lipinski definition) is 4. The molecule has 3 aliphatic rings. The number of furan rings is 2. The molecule has 0 fully saturated rings. The molecule has 5 heteroatoms. The number of rotatable bonds is 8. The predicted molar refractivity (Wildman–Crippen MR) is 375 cm³/mol. The summed E-state index contributed by atoms with van der Waals surface area (Å²) in [5, 5.41) is 4.31. The molecule has 2 aliphatic heterocycles. The first-order valence-electron chi connectivity index (χ1n) is 31.0. The van der Waals surface area contributed by atoms with Gasteiger partial charge in [-0.15, -0.1) is 0 Å². The highest BCUT2D eigenvalue weighted by Crippen LogP contribution is 2.59. The molecule has 0 radical (unpaired) electrons. The zero-order chi connectivity index (χ0) is 59.0. The standard InChI is InChI=1S/C85H52BNO2S/c1-5-24-53(25-6-1)56-46-47-79-74(48-56)86-73-51-69(54-26-7-2-8-27-54)70(55-28-9-3-10-29-55)52-75(73)87(76-49-58(50-80(90-79)81(76)86)85(57-30-11-4-12-31-57)71-42-17-13-32-59(71)60-33-14-18-43-72(60)85)82-63(67-40-22-38-65-61-34-15-19-44-77(61)88-83(65)67)36-21-37-64(82)68-41-23-39-66-62-35-16-20-45-78(62)89-84(66)68/h1-52H. The quantitative estimate of drug-likeness (QED) is 0.142. The molecule has 90 heavy (non-hydrogen) atoms. The fourth-order valence-electron chi connectivity index (χ4n) is 15.6. The molecule has 2 aromatic heterocycles. The summed E-state index contributed by atoms with van der Waals surface area (Å²) in [6.07, 6.45) is 0. The van der Waals surface area contributed by atoms with E-state index in [1.165, 1.54) is 76.3 Å². The molecule has 19 rings (SSSR count). The minimum atomic E-state index is -0.714. The van der Waals surface area contributed by atoms with Crippen molar-refractivity contribution in [3.05, 3.63) is 338 Å². The minimum absolute atomic E-state index is 0.188. The highest BCUT2D eigenvalue weighted by Gasteiger charge is 2.49. The average Bonchev–Trinajstić information content (AvgIpc) is 1.10. The van der Waals surface area contributed by atoms with Crippen LogP contribution in [-0.2, 0) is 5.41 Å². The SMILES string of the molecule is c1ccc(-c2ccc3c(c2)B2c4cc(-c5ccccc5)c(-c5ccccc5)cc4N(c4c(-c5cccc6c5oc5ccccc56)cccc4-c4cccc5c4oc4ccccc45)c4cc(C5(c6ccccc6)c6ccccc6-c6ccccc65)cc(c42)S3)cc1. The fourth-order valence-corrected chi connectivity index (χ4v) is 16.8. The summed E-state index contributed by atoms with van der Waals surface area (Å²) < 4.78 is 14.3. The number of benzene rings is 14. The van der Waals surface area contributed by atoms with Crippen LogP contribution >= 0.6 is 11.8 Å². The fraction of sp³-hybridized carbons (Fsp3) is 0.0118. The van der Waals surface area contributed by atoms with Crippen molar-refractivity contribution in [2.24, 2.45) is 0 Å². The van der Waals surface area contributed by atoms with Crippen molar-refractivity contribution in [3.63, 3.8) is 0 Å². The van der Waals surface area contributed by atoms with E-state index in [1.807, 2.05) is 11.8 Å². The highest BCUT2D eigenvalue weighted by atomic mass is 32.2. The van der Waals surface area contributed by atoms with E-state index in [2.05, 4.69) is 320 Å². The molecule has 418 valence electrons. The number of hydrogen-bond donors (Lipinski definition) is 0. The summed E-state index contributed by atoms with van der Waals surface area (Å²) in [6, 6.07) is 117. The normalized spacial score (nSPS) is 13.3. The van der Waals surface area contributed by atoms with Crippen LogP contribution in [0, 0.1) is 0 Å². The lowest BCUT2D eigenvalue weighted by molar-refractivity contribution is 0.670. The Morgan fingerprint density at radius 2 is 0.778 bits per heavy atom. The van der Waals surface area contributed by atoms with Gasteiger partial charge in [0.25, 0.3) is 0 Å². The van der Waals surface area contributed by atoms with Crippen LogP contribution < -0.4 is 21.3 Å². The topological polar surface area (TPSA) is 29.5 Å². The smallest absolute Gasteiger partial charge is 0.249 e. The van der Waals surface area contributed by atoms with E-state index in [0.717, 1.165) is 99.9 Å². The highest BCUT2D eigenvalue weighted by molar-refractivity contribution is 8.00.